The van der Waals surface area contributed by atoms with E-state index in [1.807, 2.05) is 7.05 Å². The number of hydrogen-bond acceptors (Lipinski definition) is 3. The van der Waals surface area contributed by atoms with Crippen LogP contribution in [0.1, 0.15) is 46.0 Å². The maximum atomic E-state index is 4.43. The average molecular weight is 322 g/mol. The minimum Gasteiger partial charge on any atom is -0.356 e. The third-order valence-electron chi connectivity index (χ3n) is 5.76. The van der Waals surface area contributed by atoms with E-state index in [2.05, 4.69) is 39.3 Å². The Morgan fingerprint density at radius 3 is 2.43 bits per heavy atom. The second kappa shape index (κ2) is 7.84. The van der Waals surface area contributed by atoms with Gasteiger partial charge in [0, 0.05) is 51.4 Å². The van der Waals surface area contributed by atoms with Crippen LogP contribution in [0.2, 0.25) is 0 Å². The predicted molar refractivity (Wildman–Crippen MR) is 96.9 cm³/mol. The van der Waals surface area contributed by atoms with Crippen molar-refractivity contribution < 1.29 is 0 Å². The van der Waals surface area contributed by atoms with Gasteiger partial charge in [0.15, 0.2) is 5.96 Å². The molecule has 132 valence electrons. The van der Waals surface area contributed by atoms with E-state index in [9.17, 15) is 0 Å². The third kappa shape index (κ3) is 4.83. The molecule has 5 nitrogen and oxygen atoms in total. The first-order chi connectivity index (χ1) is 11.2. The molecule has 3 rings (SSSR count). The van der Waals surface area contributed by atoms with Crippen LogP contribution in [0.4, 0.5) is 0 Å². The van der Waals surface area contributed by atoms with Crippen LogP contribution in [-0.2, 0) is 0 Å². The van der Waals surface area contributed by atoms with E-state index in [1.165, 1.54) is 58.3 Å². The Hall–Kier alpha value is -0.810. The Morgan fingerprint density at radius 2 is 1.83 bits per heavy atom. The maximum absolute atomic E-state index is 4.43. The van der Waals surface area contributed by atoms with Crippen LogP contribution in [0.3, 0.4) is 0 Å². The first kappa shape index (κ1) is 17.0. The third-order valence-corrected chi connectivity index (χ3v) is 5.76. The zero-order valence-electron chi connectivity index (χ0n) is 15.2. The number of nitrogens with zero attached hydrogens (tertiary/aromatic N) is 3. The molecule has 3 fully saturated rings. The lowest BCUT2D eigenvalue weighted by atomic mass is 10.0. The Balaban J connectivity index is 1.35. The number of aliphatic imine (C=N–C) groups is 1. The molecule has 0 spiro atoms. The lowest BCUT2D eigenvalue weighted by Crippen LogP contribution is -2.50. The monoisotopic (exact) mass is 321 g/mol. The summed E-state index contributed by atoms with van der Waals surface area (Å²) >= 11 is 0. The quantitative estimate of drug-likeness (QED) is 0.595. The summed E-state index contributed by atoms with van der Waals surface area (Å²) in [6.07, 6.45) is 6.64. The topological polar surface area (TPSA) is 42.9 Å². The van der Waals surface area contributed by atoms with E-state index < -0.39 is 0 Å². The molecule has 0 aromatic carbocycles. The van der Waals surface area contributed by atoms with Crippen molar-refractivity contribution in [1.29, 1.82) is 0 Å². The first-order valence-corrected chi connectivity index (χ1v) is 9.61. The minimum absolute atomic E-state index is 0.572. The number of likely N-dealkylation sites (tertiary alicyclic amines) is 2. The highest BCUT2D eigenvalue weighted by atomic mass is 15.2. The summed E-state index contributed by atoms with van der Waals surface area (Å²) < 4.78 is 0. The number of rotatable bonds is 5. The second-order valence-corrected chi connectivity index (χ2v) is 7.88. The van der Waals surface area contributed by atoms with Crippen molar-refractivity contribution in [2.24, 2.45) is 10.9 Å². The zero-order chi connectivity index (χ0) is 16.2. The lowest BCUT2D eigenvalue weighted by Gasteiger charge is -2.35. The van der Waals surface area contributed by atoms with Gasteiger partial charge in [-0.05, 0) is 58.4 Å². The van der Waals surface area contributed by atoms with Crippen molar-refractivity contribution in [1.82, 2.24) is 20.4 Å². The van der Waals surface area contributed by atoms with Crippen LogP contribution in [0, 0.1) is 5.92 Å². The van der Waals surface area contributed by atoms with Gasteiger partial charge in [0.05, 0.1) is 0 Å². The van der Waals surface area contributed by atoms with Crippen LogP contribution >= 0.6 is 0 Å². The normalized spacial score (nSPS) is 28.5. The molecule has 1 atom stereocenters. The highest BCUT2D eigenvalue weighted by Gasteiger charge is 2.34. The minimum atomic E-state index is 0.572. The van der Waals surface area contributed by atoms with Crippen LogP contribution in [0.15, 0.2) is 4.99 Å². The molecule has 0 aromatic heterocycles. The summed E-state index contributed by atoms with van der Waals surface area (Å²) in [5.74, 6) is 1.79. The summed E-state index contributed by atoms with van der Waals surface area (Å²) in [4.78, 5) is 9.68. The number of guanidine groups is 1. The van der Waals surface area contributed by atoms with Crippen molar-refractivity contribution >= 4 is 5.96 Å². The van der Waals surface area contributed by atoms with Gasteiger partial charge in [-0.1, -0.05) is 0 Å². The Bertz CT molecular complexity index is 396. The first-order valence-electron chi connectivity index (χ1n) is 9.61. The van der Waals surface area contributed by atoms with Gasteiger partial charge in [0.25, 0.3) is 0 Å². The summed E-state index contributed by atoms with van der Waals surface area (Å²) in [5, 5.41) is 7.21. The summed E-state index contributed by atoms with van der Waals surface area (Å²) in [6.45, 7) is 10.6. The molecule has 1 unspecified atom stereocenters. The standard InChI is InChI=1S/C18H35N5/c1-14(2)22-10-7-16(8-11-22)21-18(19-3)20-12-15-6-9-23(13-15)17-4-5-17/h14-17H,4-13H2,1-3H3,(H2,19,20,21). The molecular formula is C18H35N5. The van der Waals surface area contributed by atoms with Crippen molar-refractivity contribution in [3.05, 3.63) is 0 Å². The molecule has 2 N–H and O–H groups in total. The SMILES string of the molecule is CN=C(NCC1CCN(C2CC2)C1)NC1CCN(C(C)C)CC1. The van der Waals surface area contributed by atoms with Gasteiger partial charge < -0.3 is 20.4 Å². The number of nitrogens with one attached hydrogen (secondary N) is 2. The summed E-state index contributed by atoms with van der Waals surface area (Å²) in [5.41, 5.74) is 0. The van der Waals surface area contributed by atoms with Crippen LogP contribution in [0.25, 0.3) is 0 Å². The molecule has 0 amide bonds. The van der Waals surface area contributed by atoms with Gasteiger partial charge in [-0.2, -0.15) is 0 Å². The Morgan fingerprint density at radius 1 is 1.09 bits per heavy atom. The number of hydrogen-bond donors (Lipinski definition) is 2. The van der Waals surface area contributed by atoms with Gasteiger partial charge in [0.2, 0.25) is 0 Å². The van der Waals surface area contributed by atoms with E-state index in [-0.39, 0.29) is 0 Å². The molecular weight excluding hydrogens is 286 g/mol. The van der Waals surface area contributed by atoms with Gasteiger partial charge in [-0.15, -0.1) is 0 Å². The molecule has 1 aliphatic carbocycles. The van der Waals surface area contributed by atoms with Gasteiger partial charge in [-0.25, -0.2) is 0 Å². The molecule has 2 aliphatic heterocycles. The summed E-state index contributed by atoms with van der Waals surface area (Å²) in [7, 11) is 1.89. The van der Waals surface area contributed by atoms with Crippen molar-refractivity contribution in [2.75, 3.05) is 39.8 Å². The maximum Gasteiger partial charge on any atom is 0.191 e. The molecule has 3 aliphatic rings. The van der Waals surface area contributed by atoms with Crippen LogP contribution < -0.4 is 10.6 Å². The molecule has 2 heterocycles. The van der Waals surface area contributed by atoms with Crippen molar-refractivity contribution in [3.8, 4) is 0 Å². The van der Waals surface area contributed by atoms with Crippen molar-refractivity contribution in [2.45, 2.75) is 64.1 Å². The molecule has 0 radical (unpaired) electrons. The Labute approximate surface area is 141 Å². The molecule has 5 heteroatoms. The summed E-state index contributed by atoms with van der Waals surface area (Å²) in [6, 6.07) is 2.16. The molecule has 2 saturated heterocycles. The average Bonchev–Trinajstić information content (AvgIpc) is 3.30. The fraction of sp³-hybridized carbons (Fsp3) is 0.944. The van der Waals surface area contributed by atoms with Gasteiger partial charge in [-0.3, -0.25) is 4.99 Å². The van der Waals surface area contributed by atoms with Crippen molar-refractivity contribution in [3.63, 3.8) is 0 Å². The fourth-order valence-corrected chi connectivity index (χ4v) is 3.99. The fourth-order valence-electron chi connectivity index (χ4n) is 3.99. The van der Waals surface area contributed by atoms with E-state index in [0.29, 0.717) is 12.1 Å². The predicted octanol–water partition coefficient (Wildman–Crippen LogP) is 1.51. The zero-order valence-corrected chi connectivity index (χ0v) is 15.2. The molecule has 1 saturated carbocycles. The molecule has 23 heavy (non-hydrogen) atoms. The largest absolute Gasteiger partial charge is 0.356 e. The lowest BCUT2D eigenvalue weighted by molar-refractivity contribution is 0.167. The van der Waals surface area contributed by atoms with Gasteiger partial charge in [0.1, 0.15) is 0 Å². The molecule has 0 aromatic rings. The van der Waals surface area contributed by atoms with Crippen LogP contribution in [0.5, 0.6) is 0 Å². The van der Waals surface area contributed by atoms with E-state index in [1.54, 1.807) is 0 Å². The smallest absolute Gasteiger partial charge is 0.191 e. The van der Waals surface area contributed by atoms with Gasteiger partial charge >= 0.3 is 0 Å². The highest BCUT2D eigenvalue weighted by molar-refractivity contribution is 5.79. The Kier molecular flexibility index (Phi) is 5.81. The van der Waals surface area contributed by atoms with E-state index in [4.69, 9.17) is 0 Å². The van der Waals surface area contributed by atoms with E-state index in [0.717, 1.165) is 24.5 Å². The van der Waals surface area contributed by atoms with E-state index >= 15 is 0 Å². The number of piperidine rings is 1. The molecule has 0 bridgehead atoms. The second-order valence-electron chi connectivity index (χ2n) is 7.88. The van der Waals surface area contributed by atoms with Crippen LogP contribution in [-0.4, -0.2) is 73.7 Å². The highest BCUT2D eigenvalue weighted by Crippen LogP contribution is 2.31.